The van der Waals surface area contributed by atoms with Gasteiger partial charge in [-0.25, -0.2) is 8.42 Å². The lowest BCUT2D eigenvalue weighted by atomic mass is 10.0. The molecule has 0 saturated carbocycles. The predicted octanol–water partition coefficient (Wildman–Crippen LogP) is 3.59. The van der Waals surface area contributed by atoms with E-state index in [0.717, 1.165) is 11.3 Å². The highest BCUT2D eigenvalue weighted by Gasteiger charge is 2.35. The van der Waals surface area contributed by atoms with Gasteiger partial charge in [0, 0.05) is 34.5 Å². The zero-order valence-electron chi connectivity index (χ0n) is 16.8. The Labute approximate surface area is 184 Å². The van der Waals surface area contributed by atoms with E-state index in [4.69, 9.17) is 0 Å². The fourth-order valence-electron chi connectivity index (χ4n) is 4.08. The molecule has 0 fully saturated rings. The molecule has 2 N–H and O–H groups in total. The van der Waals surface area contributed by atoms with Gasteiger partial charge in [-0.2, -0.15) is 0 Å². The summed E-state index contributed by atoms with van der Waals surface area (Å²) in [5.74, 6) is -0.913. The molecule has 2 heterocycles. The Morgan fingerprint density at radius 2 is 1.66 bits per heavy atom. The van der Waals surface area contributed by atoms with E-state index in [-0.39, 0.29) is 38.2 Å². The summed E-state index contributed by atoms with van der Waals surface area (Å²) in [6.45, 7) is 0. The van der Waals surface area contributed by atoms with Crippen LogP contribution < -0.4 is 10.6 Å². The van der Waals surface area contributed by atoms with Crippen molar-refractivity contribution in [1.29, 1.82) is 0 Å². The summed E-state index contributed by atoms with van der Waals surface area (Å²) in [6, 6.07) is 15.3. The lowest BCUT2D eigenvalue weighted by Gasteiger charge is -2.19. The number of nitrogens with one attached hydrogen (secondary N) is 2. The highest BCUT2D eigenvalue weighted by atomic mass is 32.2. The number of hydrogen-bond acceptors (Lipinski definition) is 5. The van der Waals surface area contributed by atoms with E-state index < -0.39 is 15.7 Å². The van der Waals surface area contributed by atoms with Crippen LogP contribution in [0.3, 0.4) is 0 Å². The molecule has 5 rings (SSSR count). The minimum Gasteiger partial charge on any atom is -0.326 e. The fourth-order valence-corrected chi connectivity index (χ4v) is 5.76. The Hall–Kier alpha value is -3.78. The Kier molecular flexibility index (Phi) is 4.67. The van der Waals surface area contributed by atoms with Gasteiger partial charge in [-0.15, -0.1) is 0 Å². The summed E-state index contributed by atoms with van der Waals surface area (Å²) < 4.78 is 26.2. The molecule has 0 aliphatic carbocycles. The number of aryl methyl sites for hydroxylation is 1. The summed E-state index contributed by atoms with van der Waals surface area (Å²) in [5.41, 5.74) is 2.50. The van der Waals surface area contributed by atoms with Crippen LogP contribution in [0.4, 0.5) is 11.4 Å². The van der Waals surface area contributed by atoms with Crippen LogP contribution in [0, 0.1) is 0 Å². The third kappa shape index (κ3) is 3.29. The lowest BCUT2D eigenvalue weighted by molar-refractivity contribution is -0.116. The number of sulfone groups is 1. The second-order valence-electron chi connectivity index (χ2n) is 7.77. The molecule has 2 aliphatic rings. The van der Waals surface area contributed by atoms with Crippen molar-refractivity contribution in [2.45, 2.75) is 29.1 Å². The first-order valence-electron chi connectivity index (χ1n) is 10.1. The van der Waals surface area contributed by atoms with Crippen molar-refractivity contribution >= 4 is 38.8 Å². The standard InChI is InChI=1S/C24H18N2O5S/c27-22-7-3-4-14-12-16(9-11-19(14)26-22)25-24(29)15-8-10-18-21(13-15)32(30,31)20-6-2-1-5-17(20)23(18)28/h1-2,5-6,8-13H,3-4,7H2,(H,25,29)(H,26,27). The number of ketones is 1. The number of hydrogen-bond donors (Lipinski definition) is 2. The summed E-state index contributed by atoms with van der Waals surface area (Å²) in [7, 11) is -3.93. The van der Waals surface area contributed by atoms with E-state index in [0.29, 0.717) is 24.9 Å². The molecule has 8 heteroatoms. The van der Waals surface area contributed by atoms with Gasteiger partial charge in [0.2, 0.25) is 15.7 Å². The van der Waals surface area contributed by atoms with Crippen LogP contribution in [-0.4, -0.2) is 26.0 Å². The Balaban J connectivity index is 1.47. The maximum Gasteiger partial charge on any atom is 0.255 e. The largest absolute Gasteiger partial charge is 0.326 e. The van der Waals surface area contributed by atoms with Crippen LogP contribution in [0.15, 0.2) is 70.5 Å². The topological polar surface area (TPSA) is 109 Å². The zero-order chi connectivity index (χ0) is 22.5. The van der Waals surface area contributed by atoms with Gasteiger partial charge in [0.15, 0.2) is 5.78 Å². The molecule has 2 aliphatic heterocycles. The molecule has 0 saturated heterocycles. The van der Waals surface area contributed by atoms with E-state index in [1.54, 1.807) is 30.3 Å². The van der Waals surface area contributed by atoms with Crippen LogP contribution in [0.1, 0.15) is 44.7 Å². The first kappa shape index (κ1) is 20.1. The molecule has 32 heavy (non-hydrogen) atoms. The van der Waals surface area contributed by atoms with Crippen molar-refractivity contribution < 1.29 is 22.8 Å². The highest BCUT2D eigenvalue weighted by Crippen LogP contribution is 2.35. The molecule has 0 spiro atoms. The van der Waals surface area contributed by atoms with Gasteiger partial charge >= 0.3 is 0 Å². The van der Waals surface area contributed by atoms with Crippen LogP contribution in [-0.2, 0) is 21.1 Å². The van der Waals surface area contributed by atoms with Crippen LogP contribution in [0.25, 0.3) is 0 Å². The monoisotopic (exact) mass is 446 g/mol. The number of amides is 2. The third-order valence-corrected chi connectivity index (χ3v) is 7.54. The fraction of sp³-hybridized carbons (Fsp3) is 0.125. The molecule has 3 aromatic carbocycles. The van der Waals surface area contributed by atoms with Gasteiger partial charge in [0.25, 0.3) is 5.91 Å². The van der Waals surface area contributed by atoms with Gasteiger partial charge in [-0.3, -0.25) is 14.4 Å². The Morgan fingerprint density at radius 1 is 0.875 bits per heavy atom. The summed E-state index contributed by atoms with van der Waals surface area (Å²) >= 11 is 0. The zero-order valence-corrected chi connectivity index (χ0v) is 17.7. The summed E-state index contributed by atoms with van der Waals surface area (Å²) in [6.07, 6.45) is 1.87. The first-order valence-corrected chi connectivity index (χ1v) is 11.6. The first-order chi connectivity index (χ1) is 15.3. The highest BCUT2D eigenvalue weighted by molar-refractivity contribution is 7.91. The van der Waals surface area contributed by atoms with Gasteiger partial charge in [-0.1, -0.05) is 12.1 Å². The Bertz CT molecular complexity index is 1430. The Morgan fingerprint density at radius 3 is 2.50 bits per heavy atom. The predicted molar refractivity (Wildman–Crippen MR) is 118 cm³/mol. The summed E-state index contributed by atoms with van der Waals surface area (Å²) in [4.78, 5) is 37.1. The van der Waals surface area contributed by atoms with Crippen LogP contribution >= 0.6 is 0 Å². The lowest BCUT2D eigenvalue weighted by Crippen LogP contribution is -2.21. The number of fused-ring (bicyclic) bond motifs is 3. The van der Waals surface area contributed by atoms with Crippen molar-refractivity contribution in [1.82, 2.24) is 0 Å². The van der Waals surface area contributed by atoms with Gasteiger partial charge < -0.3 is 10.6 Å². The average molecular weight is 446 g/mol. The van der Waals surface area contributed by atoms with E-state index in [1.165, 1.54) is 30.3 Å². The van der Waals surface area contributed by atoms with Crippen molar-refractivity contribution in [3.63, 3.8) is 0 Å². The van der Waals surface area contributed by atoms with E-state index in [2.05, 4.69) is 10.6 Å². The number of anilines is 2. The maximum absolute atomic E-state index is 13.1. The van der Waals surface area contributed by atoms with Gasteiger partial charge in [0.1, 0.15) is 0 Å². The third-order valence-electron chi connectivity index (χ3n) is 5.69. The van der Waals surface area contributed by atoms with Gasteiger partial charge in [-0.05, 0) is 66.9 Å². The molecular weight excluding hydrogens is 428 g/mol. The maximum atomic E-state index is 13.1. The SMILES string of the molecule is O=C1CCCc2cc(NC(=O)c3ccc4c(c3)S(=O)(=O)c3ccccc3C4=O)ccc2N1. The molecule has 2 amide bonds. The average Bonchev–Trinajstić information content (AvgIpc) is 2.97. The van der Waals surface area contributed by atoms with E-state index >= 15 is 0 Å². The molecule has 7 nitrogen and oxygen atoms in total. The quantitative estimate of drug-likeness (QED) is 0.489. The van der Waals surface area contributed by atoms with E-state index in [1.807, 2.05) is 0 Å². The smallest absolute Gasteiger partial charge is 0.255 e. The minimum atomic E-state index is -3.93. The molecule has 3 aromatic rings. The molecule has 0 radical (unpaired) electrons. The second-order valence-corrected chi connectivity index (χ2v) is 9.65. The molecule has 0 unspecified atom stereocenters. The number of carbonyl (C=O) groups excluding carboxylic acids is 3. The molecule has 0 aromatic heterocycles. The van der Waals surface area contributed by atoms with Gasteiger partial charge in [0.05, 0.1) is 9.79 Å². The van der Waals surface area contributed by atoms with Crippen molar-refractivity contribution in [3.05, 3.63) is 82.9 Å². The molecule has 0 bridgehead atoms. The van der Waals surface area contributed by atoms with Crippen LogP contribution in [0.2, 0.25) is 0 Å². The number of carbonyl (C=O) groups is 3. The van der Waals surface area contributed by atoms with Crippen LogP contribution in [0.5, 0.6) is 0 Å². The molecule has 0 atom stereocenters. The molecule has 160 valence electrons. The molecular formula is C24H18N2O5S. The number of rotatable bonds is 2. The van der Waals surface area contributed by atoms with E-state index in [9.17, 15) is 22.8 Å². The normalized spacial score (nSPS) is 16.1. The van der Waals surface area contributed by atoms with Crippen molar-refractivity contribution in [2.24, 2.45) is 0 Å². The summed E-state index contributed by atoms with van der Waals surface area (Å²) in [5, 5.41) is 5.61. The van der Waals surface area contributed by atoms with Crippen molar-refractivity contribution in [2.75, 3.05) is 10.6 Å². The minimum absolute atomic E-state index is 0.0353. The number of benzene rings is 3. The van der Waals surface area contributed by atoms with Crippen molar-refractivity contribution in [3.8, 4) is 0 Å². The second kappa shape index (κ2) is 7.42.